The summed E-state index contributed by atoms with van der Waals surface area (Å²) in [5.74, 6) is -1.40. The summed E-state index contributed by atoms with van der Waals surface area (Å²) >= 11 is 12.0. The number of rotatable bonds is 5. The smallest absolute Gasteiger partial charge is 0.343 e. The van der Waals surface area contributed by atoms with Crippen molar-refractivity contribution >= 4 is 52.1 Å². The molecule has 1 amide bonds. The van der Waals surface area contributed by atoms with Gasteiger partial charge in [0.05, 0.1) is 26.8 Å². The summed E-state index contributed by atoms with van der Waals surface area (Å²) in [4.78, 5) is 35.3. The van der Waals surface area contributed by atoms with Crippen LogP contribution in [0.1, 0.15) is 20.7 Å². The van der Waals surface area contributed by atoms with Crippen LogP contribution < -0.4 is 15.8 Å². The third-order valence-corrected chi connectivity index (χ3v) is 4.49. The highest BCUT2D eigenvalue weighted by molar-refractivity contribution is 6.34. The summed E-state index contributed by atoms with van der Waals surface area (Å²) < 4.78 is 5.34. The number of ether oxygens (including phenoxy) is 1. The summed E-state index contributed by atoms with van der Waals surface area (Å²) in [6.07, 6.45) is 0. The van der Waals surface area contributed by atoms with Gasteiger partial charge in [0.2, 0.25) is 0 Å². The van der Waals surface area contributed by atoms with Gasteiger partial charge in [-0.25, -0.2) is 4.79 Å². The van der Waals surface area contributed by atoms with Gasteiger partial charge in [0.15, 0.2) is 0 Å². The minimum Gasteiger partial charge on any atom is -0.422 e. The van der Waals surface area contributed by atoms with Crippen molar-refractivity contribution in [3.05, 3.63) is 92.0 Å². The van der Waals surface area contributed by atoms with Crippen molar-refractivity contribution in [1.82, 2.24) is 0 Å². The minimum absolute atomic E-state index is 0.0271. The van der Waals surface area contributed by atoms with E-state index in [9.17, 15) is 19.7 Å². The first-order valence-electron chi connectivity index (χ1n) is 8.37. The molecule has 3 N–H and O–H groups in total. The Morgan fingerprint density at radius 3 is 2.33 bits per heavy atom. The second kappa shape index (κ2) is 8.81. The Bertz CT molecular complexity index is 1150. The molecule has 0 atom stereocenters. The maximum absolute atomic E-state index is 12.8. The summed E-state index contributed by atoms with van der Waals surface area (Å²) in [5, 5.41) is 13.5. The number of nitro groups is 1. The number of non-ortho nitro benzene ring substituents is 1. The van der Waals surface area contributed by atoms with Gasteiger partial charge >= 0.3 is 5.97 Å². The topological polar surface area (TPSA) is 125 Å². The number of carbonyl (C=O) groups is 2. The van der Waals surface area contributed by atoms with Crippen LogP contribution in [0.2, 0.25) is 10.0 Å². The molecule has 3 aromatic carbocycles. The van der Waals surface area contributed by atoms with E-state index in [4.69, 9.17) is 33.7 Å². The highest BCUT2D eigenvalue weighted by atomic mass is 35.5. The van der Waals surface area contributed by atoms with Crippen molar-refractivity contribution in [3.8, 4) is 5.75 Å². The predicted molar refractivity (Wildman–Crippen MR) is 113 cm³/mol. The Kier molecular flexibility index (Phi) is 6.20. The molecule has 152 valence electrons. The third-order valence-electron chi connectivity index (χ3n) is 3.95. The van der Waals surface area contributed by atoms with Crippen molar-refractivity contribution in [2.75, 3.05) is 11.1 Å². The lowest BCUT2D eigenvalue weighted by atomic mass is 10.1. The minimum atomic E-state index is -0.695. The van der Waals surface area contributed by atoms with E-state index in [-0.39, 0.29) is 38.3 Å². The zero-order valence-electron chi connectivity index (χ0n) is 15.1. The molecule has 3 rings (SSSR count). The van der Waals surface area contributed by atoms with Crippen LogP contribution in [0.3, 0.4) is 0 Å². The molecule has 0 spiro atoms. The van der Waals surface area contributed by atoms with Crippen LogP contribution in [-0.2, 0) is 0 Å². The zero-order chi connectivity index (χ0) is 21.8. The van der Waals surface area contributed by atoms with Gasteiger partial charge in [0.25, 0.3) is 11.6 Å². The number of amides is 1. The number of benzene rings is 3. The number of anilines is 2. The van der Waals surface area contributed by atoms with E-state index >= 15 is 0 Å². The van der Waals surface area contributed by atoms with Crippen LogP contribution in [-0.4, -0.2) is 16.8 Å². The van der Waals surface area contributed by atoms with Crippen molar-refractivity contribution in [2.45, 2.75) is 0 Å². The number of hydrogen-bond donors (Lipinski definition) is 2. The van der Waals surface area contributed by atoms with Crippen LogP contribution in [0.25, 0.3) is 0 Å². The first-order chi connectivity index (χ1) is 14.2. The van der Waals surface area contributed by atoms with Gasteiger partial charge in [-0.3, -0.25) is 14.9 Å². The highest BCUT2D eigenvalue weighted by Gasteiger charge is 2.19. The Hall–Kier alpha value is -3.62. The SMILES string of the molecule is Nc1ccc(C(=O)Oc2ccc(Cl)cc2C(=O)Nc2ccc([N+](=O)[O-])cc2Cl)cc1. The fourth-order valence-electron chi connectivity index (χ4n) is 2.46. The van der Waals surface area contributed by atoms with Gasteiger partial charge in [0.1, 0.15) is 5.75 Å². The van der Waals surface area contributed by atoms with E-state index in [1.54, 1.807) is 12.1 Å². The first-order valence-corrected chi connectivity index (χ1v) is 9.13. The summed E-state index contributed by atoms with van der Waals surface area (Å²) in [7, 11) is 0. The number of nitrogens with two attached hydrogens (primary N) is 1. The average Bonchev–Trinajstić information content (AvgIpc) is 2.71. The standard InChI is InChI=1S/C20H13Cl2N3O5/c21-12-3-8-18(30-20(27)11-1-4-13(23)5-2-11)15(9-12)19(26)24-17-7-6-14(25(28)29)10-16(17)22/h1-10H,23H2,(H,24,26). The molecule has 8 nitrogen and oxygen atoms in total. The molecule has 0 bridgehead atoms. The number of nitrogens with zero attached hydrogens (tertiary/aromatic N) is 1. The number of nitrogen functional groups attached to an aromatic ring is 1. The van der Waals surface area contributed by atoms with Gasteiger partial charge in [-0.1, -0.05) is 23.2 Å². The monoisotopic (exact) mass is 445 g/mol. The van der Waals surface area contributed by atoms with Gasteiger partial charge in [-0.2, -0.15) is 0 Å². The molecule has 0 aliphatic heterocycles. The molecule has 0 aromatic heterocycles. The largest absolute Gasteiger partial charge is 0.422 e. The molecule has 0 aliphatic rings. The van der Waals surface area contributed by atoms with Crippen LogP contribution in [0.15, 0.2) is 60.7 Å². The van der Waals surface area contributed by atoms with Crippen LogP contribution in [0, 0.1) is 10.1 Å². The van der Waals surface area contributed by atoms with Gasteiger partial charge in [-0.05, 0) is 48.5 Å². The van der Waals surface area contributed by atoms with Crippen LogP contribution in [0.4, 0.5) is 17.1 Å². The van der Waals surface area contributed by atoms with Gasteiger partial charge < -0.3 is 15.8 Å². The number of esters is 1. The molecule has 0 saturated carbocycles. The normalized spacial score (nSPS) is 10.3. The van der Waals surface area contributed by atoms with E-state index in [0.717, 1.165) is 6.07 Å². The highest BCUT2D eigenvalue weighted by Crippen LogP contribution is 2.29. The summed E-state index contributed by atoms with van der Waals surface area (Å²) in [5.41, 5.74) is 6.22. The fraction of sp³-hybridized carbons (Fsp3) is 0. The van der Waals surface area contributed by atoms with E-state index in [1.807, 2.05) is 0 Å². The molecule has 10 heteroatoms. The Balaban J connectivity index is 1.86. The summed E-state index contributed by atoms with van der Waals surface area (Å²) in [6.45, 7) is 0. The van der Waals surface area contributed by atoms with Crippen molar-refractivity contribution in [1.29, 1.82) is 0 Å². The molecule has 30 heavy (non-hydrogen) atoms. The van der Waals surface area contributed by atoms with Gasteiger partial charge in [0, 0.05) is 22.8 Å². The number of halogens is 2. The summed E-state index contributed by atoms with van der Waals surface area (Å²) in [6, 6.07) is 13.8. The molecule has 0 saturated heterocycles. The van der Waals surface area contributed by atoms with E-state index in [0.29, 0.717) is 5.69 Å². The van der Waals surface area contributed by atoms with Gasteiger partial charge in [-0.15, -0.1) is 0 Å². The Morgan fingerprint density at radius 1 is 1.00 bits per heavy atom. The first kappa shape index (κ1) is 21.1. The van der Waals surface area contributed by atoms with Crippen molar-refractivity contribution < 1.29 is 19.2 Å². The van der Waals surface area contributed by atoms with Crippen molar-refractivity contribution in [3.63, 3.8) is 0 Å². The Labute approximate surface area is 180 Å². The molecule has 0 heterocycles. The quantitative estimate of drug-likeness (QED) is 0.188. The molecule has 0 unspecified atom stereocenters. The van der Waals surface area contributed by atoms with Crippen LogP contribution in [0.5, 0.6) is 5.75 Å². The van der Waals surface area contributed by atoms with Crippen molar-refractivity contribution in [2.24, 2.45) is 0 Å². The third kappa shape index (κ3) is 4.86. The maximum atomic E-state index is 12.8. The zero-order valence-corrected chi connectivity index (χ0v) is 16.6. The lowest BCUT2D eigenvalue weighted by molar-refractivity contribution is -0.384. The number of nitrogens with one attached hydrogen (secondary N) is 1. The average molecular weight is 446 g/mol. The number of nitro benzene ring substituents is 1. The molecule has 0 aliphatic carbocycles. The maximum Gasteiger partial charge on any atom is 0.343 e. The lowest BCUT2D eigenvalue weighted by Crippen LogP contribution is -2.16. The Morgan fingerprint density at radius 2 is 1.70 bits per heavy atom. The second-order valence-corrected chi connectivity index (χ2v) is 6.87. The number of carbonyl (C=O) groups excluding carboxylic acids is 2. The second-order valence-electron chi connectivity index (χ2n) is 6.03. The molecule has 0 radical (unpaired) electrons. The van der Waals surface area contributed by atoms with Crippen LogP contribution >= 0.6 is 23.2 Å². The molecule has 0 fully saturated rings. The van der Waals surface area contributed by atoms with E-state index in [2.05, 4.69) is 5.32 Å². The molecular weight excluding hydrogens is 433 g/mol. The van der Waals surface area contributed by atoms with E-state index in [1.165, 1.54) is 42.5 Å². The lowest BCUT2D eigenvalue weighted by Gasteiger charge is -2.12. The van der Waals surface area contributed by atoms with E-state index < -0.39 is 16.8 Å². The predicted octanol–water partition coefficient (Wildman–Crippen LogP) is 4.96. The molecule has 3 aromatic rings. The fourth-order valence-corrected chi connectivity index (χ4v) is 2.85. The number of hydrogen-bond acceptors (Lipinski definition) is 6. The molecular formula is C20H13Cl2N3O5.